The molecule has 0 aliphatic carbocycles. The number of nitrogens with one attached hydrogen (secondary N) is 1. The lowest BCUT2D eigenvalue weighted by molar-refractivity contribution is 0.0963. The molecule has 0 radical (unpaired) electrons. The molecule has 6 heteroatoms. The van der Waals surface area contributed by atoms with Crippen LogP contribution in [0.4, 0.5) is 4.79 Å². The molecule has 2 aromatic carbocycles. The van der Waals surface area contributed by atoms with Gasteiger partial charge in [0.2, 0.25) is 0 Å². The van der Waals surface area contributed by atoms with E-state index in [1.807, 2.05) is 43.3 Å². The second-order valence-electron chi connectivity index (χ2n) is 7.20. The van der Waals surface area contributed by atoms with E-state index >= 15 is 0 Å². The van der Waals surface area contributed by atoms with Gasteiger partial charge in [-0.05, 0) is 30.9 Å². The van der Waals surface area contributed by atoms with E-state index in [0.29, 0.717) is 32.2 Å². The number of nitrogens with zero attached hydrogens (tertiary/aromatic N) is 2. The molecule has 1 aliphatic heterocycles. The number of likely N-dealkylation sites (tertiary alicyclic amines) is 1. The van der Waals surface area contributed by atoms with Crippen molar-refractivity contribution >= 4 is 12.1 Å². The Hall–Kier alpha value is -3.02. The minimum atomic E-state index is -0.235. The summed E-state index contributed by atoms with van der Waals surface area (Å²) in [4.78, 5) is 18.2. The monoisotopic (exact) mass is 394 g/mol. The maximum absolute atomic E-state index is 11.8. The fourth-order valence-corrected chi connectivity index (χ4v) is 3.64. The largest absolute Gasteiger partial charge is 0.450 e. The zero-order chi connectivity index (χ0) is 20.5. The Morgan fingerprint density at radius 1 is 1.10 bits per heavy atom. The smallest absolute Gasteiger partial charge is 0.409 e. The van der Waals surface area contributed by atoms with E-state index in [9.17, 15) is 4.79 Å². The van der Waals surface area contributed by atoms with Gasteiger partial charge in [0.1, 0.15) is 0 Å². The van der Waals surface area contributed by atoms with Gasteiger partial charge in [-0.3, -0.25) is 4.99 Å². The number of amides is 1. The molecule has 0 spiro atoms. The fraction of sp³-hybridized carbons (Fsp3) is 0.391. The van der Waals surface area contributed by atoms with E-state index in [1.165, 1.54) is 11.1 Å². The molecule has 1 fully saturated rings. The second-order valence-corrected chi connectivity index (χ2v) is 7.20. The van der Waals surface area contributed by atoms with Crippen LogP contribution in [-0.4, -0.2) is 49.2 Å². The van der Waals surface area contributed by atoms with Gasteiger partial charge in [-0.2, -0.15) is 0 Å². The van der Waals surface area contributed by atoms with E-state index in [1.54, 1.807) is 4.90 Å². The van der Waals surface area contributed by atoms with E-state index in [-0.39, 0.29) is 18.1 Å². The highest BCUT2D eigenvalue weighted by Gasteiger charge is 2.23. The van der Waals surface area contributed by atoms with Crippen molar-refractivity contribution in [2.24, 2.45) is 10.7 Å². The van der Waals surface area contributed by atoms with Gasteiger partial charge in [0.25, 0.3) is 0 Å². The van der Waals surface area contributed by atoms with Gasteiger partial charge in [-0.1, -0.05) is 60.7 Å². The first kappa shape index (κ1) is 20.7. The highest BCUT2D eigenvalue weighted by atomic mass is 16.6. The van der Waals surface area contributed by atoms with Crippen LogP contribution in [0.15, 0.2) is 65.7 Å². The van der Waals surface area contributed by atoms with Gasteiger partial charge in [-0.15, -0.1) is 0 Å². The zero-order valence-electron chi connectivity index (χ0n) is 17.0. The first-order valence-electron chi connectivity index (χ1n) is 10.3. The number of carbonyl (C=O) groups excluding carboxylic acids is 1. The van der Waals surface area contributed by atoms with E-state index in [4.69, 9.17) is 10.5 Å². The highest BCUT2D eigenvalue weighted by Crippen LogP contribution is 2.24. The van der Waals surface area contributed by atoms with Crippen molar-refractivity contribution in [3.05, 3.63) is 71.8 Å². The summed E-state index contributed by atoms with van der Waals surface area (Å²) in [5, 5.41) is 3.32. The third-order valence-electron chi connectivity index (χ3n) is 5.22. The predicted molar refractivity (Wildman–Crippen MR) is 116 cm³/mol. The number of piperidine rings is 1. The number of rotatable bonds is 6. The average Bonchev–Trinajstić information content (AvgIpc) is 2.76. The summed E-state index contributed by atoms with van der Waals surface area (Å²) in [5.74, 6) is 0.611. The molecule has 29 heavy (non-hydrogen) atoms. The van der Waals surface area contributed by atoms with Crippen LogP contribution >= 0.6 is 0 Å². The number of hydrogen-bond donors (Lipinski definition) is 2. The summed E-state index contributed by atoms with van der Waals surface area (Å²) < 4.78 is 5.06. The number of guanidine groups is 1. The Morgan fingerprint density at radius 3 is 2.17 bits per heavy atom. The van der Waals surface area contributed by atoms with Crippen molar-refractivity contribution in [2.45, 2.75) is 31.7 Å². The van der Waals surface area contributed by atoms with Crippen LogP contribution in [0.5, 0.6) is 0 Å². The average molecular weight is 395 g/mol. The van der Waals surface area contributed by atoms with Crippen LogP contribution in [0, 0.1) is 0 Å². The summed E-state index contributed by atoms with van der Waals surface area (Å²) in [5.41, 5.74) is 8.63. The Bertz CT molecular complexity index is 748. The summed E-state index contributed by atoms with van der Waals surface area (Å²) in [6.45, 7) is 4.14. The number of ether oxygens (including phenoxy) is 1. The first-order chi connectivity index (χ1) is 14.2. The van der Waals surface area contributed by atoms with Crippen LogP contribution in [-0.2, 0) is 4.74 Å². The van der Waals surface area contributed by atoms with Crippen molar-refractivity contribution in [1.82, 2.24) is 10.2 Å². The van der Waals surface area contributed by atoms with Gasteiger partial charge < -0.3 is 20.7 Å². The Morgan fingerprint density at radius 2 is 1.66 bits per heavy atom. The molecule has 1 saturated heterocycles. The molecule has 1 amide bonds. The van der Waals surface area contributed by atoms with Crippen LogP contribution in [0.25, 0.3) is 0 Å². The molecule has 0 unspecified atom stereocenters. The van der Waals surface area contributed by atoms with Gasteiger partial charge in [0, 0.05) is 25.0 Å². The normalized spacial score (nSPS) is 15.4. The first-order valence-corrected chi connectivity index (χ1v) is 10.3. The lowest BCUT2D eigenvalue weighted by Gasteiger charge is -2.31. The van der Waals surface area contributed by atoms with Crippen molar-refractivity contribution in [3.63, 3.8) is 0 Å². The molecule has 0 saturated carbocycles. The van der Waals surface area contributed by atoms with Crippen LogP contribution in [0.2, 0.25) is 0 Å². The number of aliphatic imine (C=N–C) groups is 1. The summed E-state index contributed by atoms with van der Waals surface area (Å²) in [6, 6.07) is 21.0. The van der Waals surface area contributed by atoms with Crippen molar-refractivity contribution in [1.29, 1.82) is 0 Å². The molecule has 1 heterocycles. The van der Waals surface area contributed by atoms with Gasteiger partial charge in [-0.25, -0.2) is 4.79 Å². The SMILES string of the molecule is CCOC(=O)N1CCC(NC(N)=NCC(c2ccccc2)c2ccccc2)CC1. The molecular weight excluding hydrogens is 364 g/mol. The lowest BCUT2D eigenvalue weighted by Crippen LogP contribution is -2.48. The highest BCUT2D eigenvalue weighted by molar-refractivity contribution is 5.78. The van der Waals surface area contributed by atoms with Crippen molar-refractivity contribution in [3.8, 4) is 0 Å². The summed E-state index contributed by atoms with van der Waals surface area (Å²) in [7, 11) is 0. The topological polar surface area (TPSA) is 80.0 Å². The predicted octanol–water partition coefficient (Wildman–Crippen LogP) is 3.34. The summed E-state index contributed by atoms with van der Waals surface area (Å²) in [6.07, 6.45) is 1.42. The van der Waals surface area contributed by atoms with E-state index in [2.05, 4.69) is 34.6 Å². The van der Waals surface area contributed by atoms with E-state index in [0.717, 1.165) is 12.8 Å². The molecule has 0 atom stereocenters. The molecule has 3 rings (SSSR count). The Labute approximate surface area is 172 Å². The fourth-order valence-electron chi connectivity index (χ4n) is 3.64. The number of carbonyl (C=O) groups is 1. The minimum absolute atomic E-state index is 0.156. The van der Waals surface area contributed by atoms with Gasteiger partial charge in [0.05, 0.1) is 13.2 Å². The molecule has 3 N–H and O–H groups in total. The quantitative estimate of drug-likeness (QED) is 0.582. The van der Waals surface area contributed by atoms with Gasteiger partial charge in [0.15, 0.2) is 5.96 Å². The standard InChI is InChI=1S/C23H30N4O2/c1-2-29-23(28)27-15-13-20(14-16-27)26-22(24)25-17-21(18-9-5-3-6-10-18)19-11-7-4-8-12-19/h3-12,20-21H,2,13-17H2,1H3,(H3,24,25,26). The third-order valence-corrected chi connectivity index (χ3v) is 5.22. The molecular formula is C23H30N4O2. The molecule has 0 aromatic heterocycles. The van der Waals surface area contributed by atoms with Crippen LogP contribution in [0.1, 0.15) is 36.8 Å². The minimum Gasteiger partial charge on any atom is -0.450 e. The Balaban J connectivity index is 1.58. The molecule has 2 aromatic rings. The molecule has 6 nitrogen and oxygen atoms in total. The number of nitrogens with two attached hydrogens (primary N) is 1. The maximum atomic E-state index is 11.8. The van der Waals surface area contributed by atoms with Crippen LogP contribution in [0.3, 0.4) is 0 Å². The third kappa shape index (κ3) is 5.98. The van der Waals surface area contributed by atoms with Crippen molar-refractivity contribution < 1.29 is 9.53 Å². The number of benzene rings is 2. The molecule has 1 aliphatic rings. The summed E-state index contributed by atoms with van der Waals surface area (Å²) >= 11 is 0. The zero-order valence-corrected chi connectivity index (χ0v) is 17.0. The molecule has 154 valence electrons. The van der Waals surface area contributed by atoms with E-state index < -0.39 is 0 Å². The molecule has 0 bridgehead atoms. The Kier molecular flexibility index (Phi) is 7.50. The lowest BCUT2D eigenvalue weighted by atomic mass is 9.91. The number of hydrogen-bond acceptors (Lipinski definition) is 3. The second kappa shape index (κ2) is 10.5. The van der Waals surface area contributed by atoms with Crippen LogP contribution < -0.4 is 11.1 Å². The maximum Gasteiger partial charge on any atom is 0.409 e. The van der Waals surface area contributed by atoms with Gasteiger partial charge >= 0.3 is 6.09 Å². The van der Waals surface area contributed by atoms with Crippen molar-refractivity contribution in [2.75, 3.05) is 26.2 Å².